The third-order valence-corrected chi connectivity index (χ3v) is 3.01. The summed E-state index contributed by atoms with van der Waals surface area (Å²) in [6.07, 6.45) is 4.57. The molecule has 0 atom stereocenters. The summed E-state index contributed by atoms with van der Waals surface area (Å²) in [7, 11) is 0. The summed E-state index contributed by atoms with van der Waals surface area (Å²) in [6.45, 7) is 6.12. The predicted molar refractivity (Wildman–Crippen MR) is 63.1 cm³/mol. The summed E-state index contributed by atoms with van der Waals surface area (Å²) in [5, 5.41) is 13.6. The topological polar surface area (TPSA) is 41.3 Å². The van der Waals surface area contributed by atoms with Gasteiger partial charge >= 0.3 is 0 Å². The first-order chi connectivity index (χ1) is 7.70. The molecule has 1 aromatic heterocycles. The van der Waals surface area contributed by atoms with Crippen LogP contribution in [0.2, 0.25) is 0 Å². The Labute approximate surface area is 96.9 Å². The molecule has 0 bridgehead atoms. The molecule has 1 fully saturated rings. The zero-order chi connectivity index (χ0) is 11.5. The van der Waals surface area contributed by atoms with E-state index in [1.807, 2.05) is 10.9 Å². The van der Waals surface area contributed by atoms with Gasteiger partial charge in [-0.1, -0.05) is 0 Å². The number of rotatable bonds is 6. The largest absolute Gasteiger partial charge is 0.395 e. The van der Waals surface area contributed by atoms with Gasteiger partial charge in [0.2, 0.25) is 0 Å². The first-order valence-corrected chi connectivity index (χ1v) is 6.09. The molecule has 1 N–H and O–H groups in total. The first-order valence-electron chi connectivity index (χ1n) is 6.09. The highest BCUT2D eigenvalue weighted by atomic mass is 16.3. The Bertz CT molecular complexity index is 331. The smallest absolute Gasteiger partial charge is 0.0765 e. The van der Waals surface area contributed by atoms with E-state index in [-0.39, 0.29) is 6.61 Å². The van der Waals surface area contributed by atoms with E-state index in [0.29, 0.717) is 12.1 Å². The standard InChI is InChI=1S/C12H21N3O/c1-10(2)15-6-5-11(13-15)9-14(7-8-16)12-3-4-12/h5-6,10,12,16H,3-4,7-9H2,1-2H3. The van der Waals surface area contributed by atoms with E-state index in [4.69, 9.17) is 5.11 Å². The fourth-order valence-corrected chi connectivity index (χ4v) is 1.92. The summed E-state index contributed by atoms with van der Waals surface area (Å²) < 4.78 is 1.99. The van der Waals surface area contributed by atoms with Crippen molar-refractivity contribution >= 4 is 0 Å². The first kappa shape index (κ1) is 11.6. The second-order valence-corrected chi connectivity index (χ2v) is 4.81. The maximum absolute atomic E-state index is 9.02. The Kier molecular flexibility index (Phi) is 3.61. The Morgan fingerprint density at radius 3 is 2.81 bits per heavy atom. The lowest BCUT2D eigenvalue weighted by atomic mass is 10.3. The van der Waals surface area contributed by atoms with Crippen LogP contribution in [0.25, 0.3) is 0 Å². The van der Waals surface area contributed by atoms with Gasteiger partial charge in [-0.25, -0.2) is 0 Å². The van der Waals surface area contributed by atoms with Crippen LogP contribution in [-0.4, -0.2) is 39.0 Å². The zero-order valence-electron chi connectivity index (χ0n) is 10.1. The molecule has 16 heavy (non-hydrogen) atoms. The lowest BCUT2D eigenvalue weighted by molar-refractivity contribution is 0.181. The number of aromatic nitrogens is 2. The second-order valence-electron chi connectivity index (χ2n) is 4.81. The molecule has 0 saturated heterocycles. The third kappa shape index (κ3) is 2.83. The van der Waals surface area contributed by atoms with Gasteiger partial charge in [0.25, 0.3) is 0 Å². The van der Waals surface area contributed by atoms with Gasteiger partial charge in [0.15, 0.2) is 0 Å². The van der Waals surface area contributed by atoms with Crippen LogP contribution in [0.3, 0.4) is 0 Å². The molecule has 0 aliphatic heterocycles. The maximum atomic E-state index is 9.02. The lowest BCUT2D eigenvalue weighted by Gasteiger charge is -2.19. The van der Waals surface area contributed by atoms with Gasteiger partial charge < -0.3 is 5.11 Å². The quantitative estimate of drug-likeness (QED) is 0.793. The van der Waals surface area contributed by atoms with Gasteiger partial charge in [-0.05, 0) is 32.8 Å². The van der Waals surface area contributed by atoms with Crippen LogP contribution < -0.4 is 0 Å². The molecule has 90 valence electrons. The van der Waals surface area contributed by atoms with Crippen molar-refractivity contribution in [1.82, 2.24) is 14.7 Å². The monoisotopic (exact) mass is 223 g/mol. The fourth-order valence-electron chi connectivity index (χ4n) is 1.92. The number of aliphatic hydroxyl groups excluding tert-OH is 1. The zero-order valence-corrected chi connectivity index (χ0v) is 10.1. The number of aliphatic hydroxyl groups is 1. The van der Waals surface area contributed by atoms with Gasteiger partial charge in [-0.3, -0.25) is 9.58 Å². The predicted octanol–water partition coefficient (Wildman–Crippen LogP) is 1.42. The molecule has 0 unspecified atom stereocenters. The molecule has 0 amide bonds. The van der Waals surface area contributed by atoms with Crippen LogP contribution in [0.5, 0.6) is 0 Å². The van der Waals surface area contributed by atoms with Crippen LogP contribution in [0, 0.1) is 0 Å². The van der Waals surface area contributed by atoms with Crippen LogP contribution in [0.15, 0.2) is 12.3 Å². The average molecular weight is 223 g/mol. The van der Waals surface area contributed by atoms with E-state index in [0.717, 1.165) is 18.8 Å². The van der Waals surface area contributed by atoms with E-state index in [1.54, 1.807) is 0 Å². The van der Waals surface area contributed by atoms with Crippen molar-refractivity contribution in [2.75, 3.05) is 13.2 Å². The van der Waals surface area contributed by atoms with Crippen molar-refractivity contribution in [2.24, 2.45) is 0 Å². The molecule has 1 aliphatic rings. The Hall–Kier alpha value is -0.870. The molecule has 2 rings (SSSR count). The molecule has 1 heterocycles. The minimum atomic E-state index is 0.237. The number of nitrogens with zero attached hydrogens (tertiary/aromatic N) is 3. The van der Waals surface area contributed by atoms with Crippen molar-refractivity contribution in [3.8, 4) is 0 Å². The molecule has 1 aromatic rings. The molecule has 1 aliphatic carbocycles. The minimum Gasteiger partial charge on any atom is -0.395 e. The Morgan fingerprint density at radius 2 is 2.31 bits per heavy atom. The van der Waals surface area contributed by atoms with Crippen molar-refractivity contribution < 1.29 is 5.11 Å². The second kappa shape index (κ2) is 4.97. The minimum absolute atomic E-state index is 0.237. The molecule has 0 radical (unpaired) electrons. The van der Waals surface area contributed by atoms with E-state index in [9.17, 15) is 0 Å². The van der Waals surface area contributed by atoms with E-state index in [2.05, 4.69) is 29.9 Å². The SMILES string of the molecule is CC(C)n1ccc(CN(CCO)C2CC2)n1. The fraction of sp³-hybridized carbons (Fsp3) is 0.750. The van der Waals surface area contributed by atoms with E-state index < -0.39 is 0 Å². The van der Waals surface area contributed by atoms with Gasteiger partial charge in [-0.15, -0.1) is 0 Å². The summed E-state index contributed by atoms with van der Waals surface area (Å²) >= 11 is 0. The Morgan fingerprint density at radius 1 is 1.56 bits per heavy atom. The highest BCUT2D eigenvalue weighted by Gasteiger charge is 2.28. The third-order valence-electron chi connectivity index (χ3n) is 3.01. The van der Waals surface area contributed by atoms with E-state index in [1.165, 1.54) is 12.8 Å². The van der Waals surface area contributed by atoms with Crippen molar-refractivity contribution in [3.05, 3.63) is 18.0 Å². The van der Waals surface area contributed by atoms with Gasteiger partial charge in [0, 0.05) is 31.4 Å². The molecule has 1 saturated carbocycles. The Balaban J connectivity index is 1.95. The highest BCUT2D eigenvalue weighted by molar-refractivity contribution is 5.01. The molecule has 0 aromatic carbocycles. The van der Waals surface area contributed by atoms with Crippen molar-refractivity contribution in [3.63, 3.8) is 0 Å². The molecule has 0 spiro atoms. The lowest BCUT2D eigenvalue weighted by Crippen LogP contribution is -2.28. The van der Waals surface area contributed by atoms with Crippen LogP contribution in [-0.2, 0) is 6.54 Å². The highest BCUT2D eigenvalue weighted by Crippen LogP contribution is 2.27. The van der Waals surface area contributed by atoms with Crippen molar-refractivity contribution in [1.29, 1.82) is 0 Å². The summed E-state index contributed by atoms with van der Waals surface area (Å²) in [6, 6.07) is 3.17. The maximum Gasteiger partial charge on any atom is 0.0765 e. The van der Waals surface area contributed by atoms with Crippen LogP contribution >= 0.6 is 0 Å². The number of hydrogen-bond donors (Lipinski definition) is 1. The normalized spacial score (nSPS) is 16.3. The summed E-state index contributed by atoms with van der Waals surface area (Å²) in [4.78, 5) is 2.33. The van der Waals surface area contributed by atoms with Gasteiger partial charge in [0.05, 0.1) is 12.3 Å². The summed E-state index contributed by atoms with van der Waals surface area (Å²) in [5.41, 5.74) is 1.11. The molecule has 4 nitrogen and oxygen atoms in total. The number of hydrogen-bond acceptors (Lipinski definition) is 3. The van der Waals surface area contributed by atoms with Crippen LogP contribution in [0.4, 0.5) is 0 Å². The van der Waals surface area contributed by atoms with Crippen molar-refractivity contribution in [2.45, 2.75) is 45.3 Å². The molecule has 4 heteroatoms. The van der Waals surface area contributed by atoms with Gasteiger partial charge in [0.1, 0.15) is 0 Å². The summed E-state index contributed by atoms with van der Waals surface area (Å²) in [5.74, 6) is 0. The van der Waals surface area contributed by atoms with Crippen LogP contribution in [0.1, 0.15) is 38.4 Å². The average Bonchev–Trinajstić information content (AvgIpc) is 2.98. The molecular weight excluding hydrogens is 202 g/mol. The van der Waals surface area contributed by atoms with Gasteiger partial charge in [-0.2, -0.15) is 5.10 Å². The molecular formula is C12H21N3O. The van der Waals surface area contributed by atoms with E-state index >= 15 is 0 Å².